The normalized spacial score (nSPS) is 13.5. The van der Waals surface area contributed by atoms with Gasteiger partial charge in [0.2, 0.25) is 5.91 Å². The maximum Gasteiger partial charge on any atom is 0.224 e. The molecule has 2 aromatic rings. The van der Waals surface area contributed by atoms with Crippen molar-refractivity contribution >= 4 is 17.3 Å². The van der Waals surface area contributed by atoms with Crippen molar-refractivity contribution < 1.29 is 23.7 Å². The molecule has 1 N–H and O–H groups in total. The number of para-hydroxylation sites is 1. The zero-order chi connectivity index (χ0) is 21.9. The summed E-state index contributed by atoms with van der Waals surface area (Å²) in [6, 6.07) is 13.4. The van der Waals surface area contributed by atoms with E-state index in [9.17, 15) is 4.79 Å². The van der Waals surface area contributed by atoms with Gasteiger partial charge in [0.1, 0.15) is 17.2 Å². The number of rotatable bonds is 11. The molecule has 0 aliphatic carbocycles. The molecular weight excluding hydrogens is 396 g/mol. The summed E-state index contributed by atoms with van der Waals surface area (Å²) in [6.45, 7) is 8.34. The van der Waals surface area contributed by atoms with Crippen molar-refractivity contribution in [1.29, 1.82) is 0 Å². The summed E-state index contributed by atoms with van der Waals surface area (Å²) in [5, 5.41) is 2.98. The van der Waals surface area contributed by atoms with Gasteiger partial charge in [-0.2, -0.15) is 0 Å². The van der Waals surface area contributed by atoms with Crippen LogP contribution in [0.2, 0.25) is 0 Å². The quantitative estimate of drug-likeness (QED) is 0.543. The first-order valence-corrected chi connectivity index (χ1v) is 10.9. The first-order chi connectivity index (χ1) is 15.2. The first-order valence-electron chi connectivity index (χ1n) is 10.9. The zero-order valence-electron chi connectivity index (χ0n) is 18.4. The number of nitrogens with one attached hydrogen (secondary N) is 1. The Morgan fingerprint density at radius 1 is 1.00 bits per heavy atom. The lowest BCUT2D eigenvalue weighted by atomic mass is 10.2. The number of hydrogen-bond acceptors (Lipinski definition) is 6. The van der Waals surface area contributed by atoms with Crippen LogP contribution in [0.4, 0.5) is 11.4 Å². The van der Waals surface area contributed by atoms with Gasteiger partial charge in [-0.15, -0.1) is 0 Å². The third kappa shape index (κ3) is 6.79. The SMILES string of the molecule is CCOc1cc(N2CCOCC2)c(OCC)cc1NC(=O)CCCOc1ccccc1. The number of carbonyl (C=O) groups is 1. The van der Waals surface area contributed by atoms with Gasteiger partial charge in [-0.25, -0.2) is 0 Å². The molecule has 3 rings (SSSR count). The smallest absolute Gasteiger partial charge is 0.224 e. The van der Waals surface area contributed by atoms with Gasteiger partial charge in [-0.05, 0) is 32.4 Å². The summed E-state index contributed by atoms with van der Waals surface area (Å²) >= 11 is 0. The molecule has 31 heavy (non-hydrogen) atoms. The van der Waals surface area contributed by atoms with Crippen LogP contribution in [0.3, 0.4) is 0 Å². The maximum atomic E-state index is 12.5. The minimum atomic E-state index is -0.0841. The lowest BCUT2D eigenvalue weighted by molar-refractivity contribution is -0.116. The number of nitrogens with zero attached hydrogens (tertiary/aromatic N) is 1. The molecule has 1 fully saturated rings. The minimum Gasteiger partial charge on any atom is -0.494 e. The number of carbonyl (C=O) groups excluding carboxylic acids is 1. The molecule has 0 radical (unpaired) electrons. The van der Waals surface area contributed by atoms with E-state index >= 15 is 0 Å². The maximum absolute atomic E-state index is 12.5. The van der Waals surface area contributed by atoms with E-state index in [0.29, 0.717) is 57.3 Å². The molecule has 168 valence electrons. The zero-order valence-corrected chi connectivity index (χ0v) is 18.4. The van der Waals surface area contributed by atoms with Crippen LogP contribution in [0.5, 0.6) is 17.2 Å². The van der Waals surface area contributed by atoms with Crippen molar-refractivity contribution in [2.45, 2.75) is 26.7 Å². The molecular formula is C24H32N2O5. The standard InChI is InChI=1S/C24H32N2O5/c1-3-29-22-18-21(26-12-15-28-16-13-26)23(30-4-2)17-20(22)25-24(27)11-8-14-31-19-9-6-5-7-10-19/h5-7,9-10,17-18H,3-4,8,11-16H2,1-2H3,(H,25,27). The fraction of sp³-hybridized carbons (Fsp3) is 0.458. The van der Waals surface area contributed by atoms with E-state index in [4.69, 9.17) is 18.9 Å². The van der Waals surface area contributed by atoms with Crippen LogP contribution in [-0.4, -0.2) is 52.0 Å². The van der Waals surface area contributed by atoms with Crippen molar-refractivity contribution in [1.82, 2.24) is 0 Å². The molecule has 0 saturated carbocycles. The first kappa shape index (κ1) is 22.7. The van der Waals surface area contributed by atoms with Gasteiger partial charge in [0.25, 0.3) is 0 Å². The Labute approximate surface area is 184 Å². The number of anilines is 2. The third-order valence-corrected chi connectivity index (χ3v) is 4.85. The molecule has 1 aliphatic rings. The molecule has 1 aliphatic heterocycles. The van der Waals surface area contributed by atoms with Crippen LogP contribution >= 0.6 is 0 Å². The van der Waals surface area contributed by atoms with Crippen LogP contribution in [0.1, 0.15) is 26.7 Å². The highest BCUT2D eigenvalue weighted by atomic mass is 16.5. The minimum absolute atomic E-state index is 0.0841. The Balaban J connectivity index is 1.65. The number of ether oxygens (including phenoxy) is 4. The van der Waals surface area contributed by atoms with E-state index < -0.39 is 0 Å². The van der Waals surface area contributed by atoms with Crippen LogP contribution < -0.4 is 24.4 Å². The molecule has 1 saturated heterocycles. The summed E-state index contributed by atoms with van der Waals surface area (Å²) in [5.41, 5.74) is 1.58. The largest absolute Gasteiger partial charge is 0.494 e. The number of hydrogen-bond donors (Lipinski definition) is 1. The van der Waals surface area contributed by atoms with E-state index in [1.165, 1.54) is 0 Å². The Morgan fingerprint density at radius 2 is 1.71 bits per heavy atom. The fourth-order valence-corrected chi connectivity index (χ4v) is 3.40. The van der Waals surface area contributed by atoms with Crippen molar-refractivity contribution in [2.24, 2.45) is 0 Å². The topological polar surface area (TPSA) is 69.3 Å². The Hall–Kier alpha value is -2.93. The molecule has 7 nitrogen and oxygen atoms in total. The second-order valence-electron chi connectivity index (χ2n) is 7.09. The van der Waals surface area contributed by atoms with E-state index in [-0.39, 0.29) is 5.91 Å². The van der Waals surface area contributed by atoms with Crippen LogP contribution in [-0.2, 0) is 9.53 Å². The highest BCUT2D eigenvalue weighted by molar-refractivity contribution is 5.93. The Kier molecular flexibility index (Phi) is 8.84. The average molecular weight is 429 g/mol. The molecule has 7 heteroatoms. The van der Waals surface area contributed by atoms with Crippen LogP contribution in [0.25, 0.3) is 0 Å². The average Bonchev–Trinajstić information content (AvgIpc) is 2.80. The van der Waals surface area contributed by atoms with E-state index in [2.05, 4.69) is 10.2 Å². The summed E-state index contributed by atoms with van der Waals surface area (Å²) in [6.07, 6.45) is 0.975. The van der Waals surface area contributed by atoms with Gasteiger partial charge in [-0.1, -0.05) is 18.2 Å². The van der Waals surface area contributed by atoms with E-state index in [1.54, 1.807) is 0 Å². The van der Waals surface area contributed by atoms with Gasteiger partial charge in [0.15, 0.2) is 0 Å². The van der Waals surface area contributed by atoms with Crippen molar-refractivity contribution in [3.05, 3.63) is 42.5 Å². The lowest BCUT2D eigenvalue weighted by Crippen LogP contribution is -2.36. The summed E-state index contributed by atoms with van der Waals surface area (Å²) in [5.74, 6) is 2.10. The molecule has 0 atom stereocenters. The number of benzene rings is 2. The molecule has 0 aromatic heterocycles. The van der Waals surface area contributed by atoms with Crippen molar-refractivity contribution in [3.63, 3.8) is 0 Å². The van der Waals surface area contributed by atoms with Gasteiger partial charge < -0.3 is 29.2 Å². The van der Waals surface area contributed by atoms with Gasteiger partial charge >= 0.3 is 0 Å². The summed E-state index contributed by atoms with van der Waals surface area (Å²) < 4.78 is 22.8. The molecule has 0 spiro atoms. The fourth-order valence-electron chi connectivity index (χ4n) is 3.40. The predicted octanol–water partition coefficient (Wildman–Crippen LogP) is 4.12. The number of morpholine rings is 1. The summed E-state index contributed by atoms with van der Waals surface area (Å²) in [7, 11) is 0. The Morgan fingerprint density at radius 3 is 2.42 bits per heavy atom. The molecule has 2 aromatic carbocycles. The monoisotopic (exact) mass is 428 g/mol. The van der Waals surface area contributed by atoms with Crippen molar-refractivity contribution in [2.75, 3.05) is 56.3 Å². The highest BCUT2D eigenvalue weighted by Crippen LogP contribution is 2.39. The highest BCUT2D eigenvalue weighted by Gasteiger charge is 2.20. The summed E-state index contributed by atoms with van der Waals surface area (Å²) in [4.78, 5) is 14.8. The van der Waals surface area contributed by atoms with Crippen molar-refractivity contribution in [3.8, 4) is 17.2 Å². The van der Waals surface area contributed by atoms with Gasteiger partial charge in [0, 0.05) is 31.6 Å². The lowest BCUT2D eigenvalue weighted by Gasteiger charge is -2.31. The van der Waals surface area contributed by atoms with Gasteiger partial charge in [0.05, 0.1) is 44.4 Å². The number of amides is 1. The van der Waals surface area contributed by atoms with Gasteiger partial charge in [-0.3, -0.25) is 4.79 Å². The Bertz CT molecular complexity index is 822. The molecule has 1 heterocycles. The second kappa shape index (κ2) is 12.1. The van der Waals surface area contributed by atoms with E-state index in [1.807, 2.05) is 56.3 Å². The molecule has 1 amide bonds. The molecule has 0 unspecified atom stereocenters. The predicted molar refractivity (Wildman–Crippen MR) is 122 cm³/mol. The molecule has 0 bridgehead atoms. The third-order valence-electron chi connectivity index (χ3n) is 4.85. The van der Waals surface area contributed by atoms with E-state index in [0.717, 1.165) is 30.3 Å². The van der Waals surface area contributed by atoms with Crippen LogP contribution in [0, 0.1) is 0 Å². The van der Waals surface area contributed by atoms with Crippen LogP contribution in [0.15, 0.2) is 42.5 Å². The second-order valence-corrected chi connectivity index (χ2v) is 7.09.